The van der Waals surface area contributed by atoms with Crippen LogP contribution in [0.2, 0.25) is 0 Å². The van der Waals surface area contributed by atoms with Crippen molar-refractivity contribution in [3.63, 3.8) is 0 Å². The molecule has 0 spiro atoms. The lowest BCUT2D eigenvalue weighted by molar-refractivity contribution is -0.117. The molecule has 19 heavy (non-hydrogen) atoms. The van der Waals surface area contributed by atoms with E-state index in [4.69, 9.17) is 9.47 Å². The maximum absolute atomic E-state index is 11.8. The van der Waals surface area contributed by atoms with Crippen molar-refractivity contribution < 1.29 is 14.3 Å². The third-order valence-electron chi connectivity index (χ3n) is 3.25. The minimum absolute atomic E-state index is 0.185. The molecule has 0 aliphatic carbocycles. The van der Waals surface area contributed by atoms with Crippen molar-refractivity contribution in [2.45, 2.75) is 19.1 Å². The Morgan fingerprint density at radius 2 is 2.05 bits per heavy atom. The topological polar surface area (TPSA) is 50.8 Å². The number of rotatable bonds is 6. The van der Waals surface area contributed by atoms with Crippen LogP contribution >= 0.6 is 0 Å². The number of amides is 1. The van der Waals surface area contributed by atoms with E-state index >= 15 is 0 Å². The first-order valence-electron chi connectivity index (χ1n) is 6.45. The highest BCUT2D eigenvalue weighted by atomic mass is 16.7. The standard InChI is InChI=1S/C14H20N2O3/c1-18-14(19-2)10-15-11-6-3-4-7-12(11)16-9-5-8-13(16)17/h3-4,6-7,14-15H,5,8-10H2,1-2H3. The van der Waals surface area contributed by atoms with Gasteiger partial charge in [-0.1, -0.05) is 12.1 Å². The van der Waals surface area contributed by atoms with Crippen LogP contribution in [0.4, 0.5) is 11.4 Å². The van der Waals surface area contributed by atoms with Gasteiger partial charge in [-0.3, -0.25) is 4.79 Å². The molecule has 1 aliphatic rings. The molecule has 1 amide bonds. The molecule has 0 aromatic heterocycles. The first-order chi connectivity index (χ1) is 9.26. The fourth-order valence-electron chi connectivity index (χ4n) is 2.22. The predicted molar refractivity (Wildman–Crippen MR) is 74.3 cm³/mol. The number of nitrogens with one attached hydrogen (secondary N) is 1. The molecule has 5 nitrogen and oxygen atoms in total. The van der Waals surface area contributed by atoms with Crippen molar-refractivity contribution in [1.29, 1.82) is 0 Å². The molecule has 0 saturated carbocycles. The normalized spacial score (nSPS) is 15.3. The summed E-state index contributed by atoms with van der Waals surface area (Å²) in [4.78, 5) is 13.7. The molecule has 2 rings (SSSR count). The molecule has 1 aromatic carbocycles. The zero-order valence-electron chi connectivity index (χ0n) is 11.4. The van der Waals surface area contributed by atoms with Gasteiger partial charge in [0.2, 0.25) is 5.91 Å². The lowest BCUT2D eigenvalue weighted by Gasteiger charge is -2.22. The first-order valence-corrected chi connectivity index (χ1v) is 6.45. The van der Waals surface area contributed by atoms with E-state index in [9.17, 15) is 4.79 Å². The molecule has 104 valence electrons. The smallest absolute Gasteiger partial charge is 0.227 e. The molecule has 5 heteroatoms. The van der Waals surface area contributed by atoms with Gasteiger partial charge in [-0.2, -0.15) is 0 Å². The second-order valence-corrected chi connectivity index (χ2v) is 4.45. The number of para-hydroxylation sites is 2. The number of carbonyl (C=O) groups is 1. The third kappa shape index (κ3) is 3.24. The number of nitrogens with zero attached hydrogens (tertiary/aromatic N) is 1. The largest absolute Gasteiger partial charge is 0.378 e. The van der Waals surface area contributed by atoms with E-state index in [1.807, 2.05) is 29.2 Å². The van der Waals surface area contributed by atoms with Crippen LogP contribution in [0.1, 0.15) is 12.8 Å². The number of anilines is 2. The Morgan fingerprint density at radius 3 is 2.68 bits per heavy atom. The number of hydrogen-bond donors (Lipinski definition) is 1. The Balaban J connectivity index is 2.10. The summed E-state index contributed by atoms with van der Waals surface area (Å²) in [6, 6.07) is 7.81. The van der Waals surface area contributed by atoms with Crippen molar-refractivity contribution in [2.24, 2.45) is 0 Å². The fraction of sp³-hybridized carbons (Fsp3) is 0.500. The summed E-state index contributed by atoms with van der Waals surface area (Å²) < 4.78 is 10.3. The Labute approximate surface area is 113 Å². The summed E-state index contributed by atoms with van der Waals surface area (Å²) in [5.41, 5.74) is 1.85. The lowest BCUT2D eigenvalue weighted by atomic mass is 10.2. The SMILES string of the molecule is COC(CNc1ccccc1N1CCCC1=O)OC. The minimum atomic E-state index is -0.303. The zero-order valence-corrected chi connectivity index (χ0v) is 11.4. The first kappa shape index (κ1) is 13.8. The molecular weight excluding hydrogens is 244 g/mol. The average Bonchev–Trinajstić information content (AvgIpc) is 2.86. The number of benzene rings is 1. The fourth-order valence-corrected chi connectivity index (χ4v) is 2.22. The lowest BCUT2D eigenvalue weighted by Crippen LogP contribution is -2.27. The van der Waals surface area contributed by atoms with Gasteiger partial charge in [0.15, 0.2) is 6.29 Å². The van der Waals surface area contributed by atoms with Gasteiger partial charge >= 0.3 is 0 Å². The number of methoxy groups -OCH3 is 2. The summed E-state index contributed by atoms with van der Waals surface area (Å²) in [5, 5.41) is 3.27. The Kier molecular flexibility index (Phi) is 4.76. The highest BCUT2D eigenvalue weighted by Crippen LogP contribution is 2.29. The summed E-state index contributed by atoms with van der Waals surface area (Å²) in [5.74, 6) is 0.185. The van der Waals surface area contributed by atoms with Crippen LogP contribution in [0.15, 0.2) is 24.3 Å². The molecule has 1 heterocycles. The van der Waals surface area contributed by atoms with Crippen LogP contribution in [0.3, 0.4) is 0 Å². The van der Waals surface area contributed by atoms with Crippen molar-refractivity contribution in [3.8, 4) is 0 Å². The van der Waals surface area contributed by atoms with E-state index in [0.717, 1.165) is 24.3 Å². The van der Waals surface area contributed by atoms with Crippen molar-refractivity contribution in [1.82, 2.24) is 0 Å². The van der Waals surface area contributed by atoms with Gasteiger partial charge in [-0.25, -0.2) is 0 Å². The van der Waals surface area contributed by atoms with Crippen LogP contribution in [-0.2, 0) is 14.3 Å². The van der Waals surface area contributed by atoms with Crippen molar-refractivity contribution in [2.75, 3.05) is 37.5 Å². The van der Waals surface area contributed by atoms with Gasteiger partial charge in [0.25, 0.3) is 0 Å². The highest BCUT2D eigenvalue weighted by molar-refractivity contribution is 5.98. The third-order valence-corrected chi connectivity index (χ3v) is 3.25. The maximum Gasteiger partial charge on any atom is 0.227 e. The van der Waals surface area contributed by atoms with Gasteiger partial charge in [0.1, 0.15) is 0 Å². The number of hydrogen-bond acceptors (Lipinski definition) is 4. The maximum atomic E-state index is 11.8. The second kappa shape index (κ2) is 6.54. The molecule has 0 radical (unpaired) electrons. The molecular formula is C14H20N2O3. The van der Waals surface area contributed by atoms with E-state index in [2.05, 4.69) is 5.32 Å². The van der Waals surface area contributed by atoms with E-state index in [1.165, 1.54) is 0 Å². The summed E-state index contributed by atoms with van der Waals surface area (Å²) in [6.45, 7) is 1.32. The summed E-state index contributed by atoms with van der Waals surface area (Å²) in [7, 11) is 3.21. The second-order valence-electron chi connectivity index (χ2n) is 4.45. The van der Waals surface area contributed by atoms with Crippen LogP contribution < -0.4 is 10.2 Å². The van der Waals surface area contributed by atoms with E-state index < -0.39 is 0 Å². The van der Waals surface area contributed by atoms with Crippen LogP contribution in [0, 0.1) is 0 Å². The molecule has 0 unspecified atom stereocenters. The van der Waals surface area contributed by atoms with Crippen LogP contribution in [0.5, 0.6) is 0 Å². The molecule has 1 aliphatic heterocycles. The summed E-state index contributed by atoms with van der Waals surface area (Å²) >= 11 is 0. The predicted octanol–water partition coefficient (Wildman–Crippen LogP) is 1.84. The minimum Gasteiger partial charge on any atom is -0.378 e. The van der Waals surface area contributed by atoms with E-state index in [0.29, 0.717) is 13.0 Å². The molecule has 0 atom stereocenters. The molecule has 1 aromatic rings. The molecule has 1 N–H and O–H groups in total. The molecule has 0 bridgehead atoms. The van der Waals surface area contributed by atoms with Gasteiger partial charge < -0.3 is 19.7 Å². The molecule has 1 fully saturated rings. The van der Waals surface area contributed by atoms with Gasteiger partial charge in [0.05, 0.1) is 17.9 Å². The zero-order chi connectivity index (χ0) is 13.7. The van der Waals surface area contributed by atoms with Crippen LogP contribution in [-0.4, -0.2) is 39.5 Å². The van der Waals surface area contributed by atoms with Gasteiger partial charge in [0, 0.05) is 27.2 Å². The Morgan fingerprint density at radius 1 is 1.32 bits per heavy atom. The number of ether oxygens (including phenoxy) is 2. The quantitative estimate of drug-likeness (QED) is 0.797. The van der Waals surface area contributed by atoms with Crippen molar-refractivity contribution >= 4 is 17.3 Å². The average molecular weight is 264 g/mol. The Bertz CT molecular complexity index is 432. The number of carbonyl (C=O) groups excluding carboxylic acids is 1. The Hall–Kier alpha value is -1.59. The summed E-state index contributed by atoms with van der Waals surface area (Å²) in [6.07, 6.45) is 1.25. The van der Waals surface area contributed by atoms with E-state index in [-0.39, 0.29) is 12.2 Å². The highest BCUT2D eigenvalue weighted by Gasteiger charge is 2.23. The molecule has 1 saturated heterocycles. The van der Waals surface area contributed by atoms with Crippen molar-refractivity contribution in [3.05, 3.63) is 24.3 Å². The van der Waals surface area contributed by atoms with Gasteiger partial charge in [-0.05, 0) is 18.6 Å². The van der Waals surface area contributed by atoms with Gasteiger partial charge in [-0.15, -0.1) is 0 Å². The monoisotopic (exact) mass is 264 g/mol. The van der Waals surface area contributed by atoms with E-state index in [1.54, 1.807) is 14.2 Å². The van der Waals surface area contributed by atoms with Crippen LogP contribution in [0.25, 0.3) is 0 Å².